The molecule has 0 radical (unpaired) electrons. The Morgan fingerprint density at radius 1 is 1.19 bits per heavy atom. The van der Waals surface area contributed by atoms with Crippen molar-refractivity contribution in [2.24, 2.45) is 4.99 Å². The van der Waals surface area contributed by atoms with Gasteiger partial charge in [0.05, 0.1) is 12.7 Å². The highest BCUT2D eigenvalue weighted by molar-refractivity contribution is 7.99. The highest BCUT2D eigenvalue weighted by Gasteiger charge is 2.27. The Morgan fingerprint density at radius 3 is 2.74 bits per heavy atom. The number of nitrogens with one attached hydrogen (secondary N) is 1. The zero-order valence-electron chi connectivity index (χ0n) is 15.3. The van der Waals surface area contributed by atoms with Crippen molar-refractivity contribution in [1.82, 2.24) is 5.10 Å². The molecule has 0 saturated carbocycles. The van der Waals surface area contributed by atoms with Gasteiger partial charge in [0.15, 0.2) is 0 Å². The first-order chi connectivity index (χ1) is 13.2. The number of H-pyrrole nitrogens is 1. The number of benzene rings is 2. The van der Waals surface area contributed by atoms with E-state index in [4.69, 9.17) is 10.5 Å². The lowest BCUT2D eigenvalue weighted by molar-refractivity contribution is -0.728. The molecule has 2 aromatic carbocycles. The Labute approximate surface area is 163 Å². The van der Waals surface area contributed by atoms with E-state index in [1.807, 2.05) is 29.1 Å². The third kappa shape index (κ3) is 4.17. The highest BCUT2D eigenvalue weighted by Crippen LogP contribution is 2.23. The second kappa shape index (κ2) is 7.88. The first-order valence-electron chi connectivity index (χ1n) is 9.00. The smallest absolute Gasteiger partial charge is 0.305 e. The van der Waals surface area contributed by atoms with Gasteiger partial charge in [0, 0.05) is 10.6 Å². The Morgan fingerprint density at radius 2 is 1.96 bits per heavy atom. The van der Waals surface area contributed by atoms with E-state index in [1.54, 1.807) is 11.8 Å². The van der Waals surface area contributed by atoms with Crippen LogP contribution in [0.25, 0.3) is 0 Å². The summed E-state index contributed by atoms with van der Waals surface area (Å²) >= 11 is 1.79. The van der Waals surface area contributed by atoms with Crippen molar-refractivity contribution in [3.8, 4) is 0 Å². The van der Waals surface area contributed by atoms with Crippen LogP contribution in [0.2, 0.25) is 0 Å². The summed E-state index contributed by atoms with van der Waals surface area (Å²) in [5.41, 5.74) is 9.61. The predicted octanol–water partition coefficient (Wildman–Crippen LogP) is 3.18. The molecule has 0 saturated heterocycles. The molecule has 1 unspecified atom stereocenters. The van der Waals surface area contributed by atoms with Gasteiger partial charge in [0.2, 0.25) is 5.90 Å². The molecular formula is C21H23N4OS+. The van der Waals surface area contributed by atoms with E-state index in [2.05, 4.69) is 53.4 Å². The van der Waals surface area contributed by atoms with E-state index in [0.29, 0.717) is 24.8 Å². The topological polar surface area (TPSA) is 67.3 Å². The van der Waals surface area contributed by atoms with Crippen molar-refractivity contribution in [2.45, 2.75) is 24.5 Å². The predicted molar refractivity (Wildman–Crippen MR) is 109 cm³/mol. The van der Waals surface area contributed by atoms with E-state index in [-0.39, 0.29) is 6.10 Å². The summed E-state index contributed by atoms with van der Waals surface area (Å²) in [5, 5.41) is 3.20. The summed E-state index contributed by atoms with van der Waals surface area (Å²) in [7, 11) is 0. The van der Waals surface area contributed by atoms with Crippen LogP contribution in [0.4, 0.5) is 5.82 Å². The van der Waals surface area contributed by atoms with Crippen molar-refractivity contribution >= 4 is 23.5 Å². The molecule has 0 bridgehead atoms. The summed E-state index contributed by atoms with van der Waals surface area (Å²) in [6, 6.07) is 18.8. The molecule has 27 heavy (non-hydrogen) atoms. The maximum atomic E-state index is 6.32. The number of ether oxygens (including phenoxy) is 1. The van der Waals surface area contributed by atoms with Gasteiger partial charge in [-0.3, -0.25) is 5.73 Å². The number of thioether (sulfide) groups is 1. The fraction of sp³-hybridized carbons (Fsp3) is 0.238. The summed E-state index contributed by atoms with van der Waals surface area (Å²) in [6.07, 6.45) is 1.94. The number of anilines is 1. The van der Waals surface area contributed by atoms with E-state index < -0.39 is 0 Å². The lowest BCUT2D eigenvalue weighted by atomic mass is 10.2. The van der Waals surface area contributed by atoms with Gasteiger partial charge in [-0.2, -0.15) is 4.68 Å². The van der Waals surface area contributed by atoms with Crippen LogP contribution in [0.5, 0.6) is 0 Å². The molecule has 1 aromatic heterocycles. The molecule has 3 N–H and O–H groups in total. The fourth-order valence-electron chi connectivity index (χ4n) is 2.98. The number of hydrogen-bond acceptors (Lipinski definition) is 4. The fourth-order valence-corrected chi connectivity index (χ4v) is 3.86. The molecule has 6 heteroatoms. The quantitative estimate of drug-likeness (QED) is 0.511. The number of nitrogens with two attached hydrogens (primary N) is 1. The Kier molecular flexibility index (Phi) is 5.16. The molecule has 3 aromatic rings. The van der Waals surface area contributed by atoms with Crippen LogP contribution in [-0.2, 0) is 11.3 Å². The summed E-state index contributed by atoms with van der Waals surface area (Å²) in [5.74, 6) is 2.14. The van der Waals surface area contributed by atoms with Crippen LogP contribution in [0.3, 0.4) is 0 Å². The maximum Gasteiger partial charge on any atom is 0.305 e. The van der Waals surface area contributed by atoms with E-state index in [9.17, 15) is 0 Å². The average molecular weight is 380 g/mol. The minimum atomic E-state index is 0.0724. The van der Waals surface area contributed by atoms with E-state index in [1.165, 1.54) is 16.0 Å². The molecule has 0 fully saturated rings. The third-order valence-corrected chi connectivity index (χ3v) is 5.66. The monoisotopic (exact) mass is 379 g/mol. The standard InChI is InChI=1S/C21H22N4OS/c1-15-7-9-18(10-8-15)27-14-17-11-23-21(26-17)19-12-24-25(20(19)22)13-16-5-3-2-4-6-16/h2-10,12,17H,11,13-14H2,1H3,(H2,22,23,24)/p+1. The molecule has 0 spiro atoms. The summed E-state index contributed by atoms with van der Waals surface area (Å²) < 4.78 is 7.96. The summed E-state index contributed by atoms with van der Waals surface area (Å²) in [6.45, 7) is 3.45. The minimum absolute atomic E-state index is 0.0724. The van der Waals surface area contributed by atoms with Crippen LogP contribution < -0.4 is 10.4 Å². The number of aliphatic imine (C=N–C) groups is 1. The largest absolute Gasteiger partial charge is 0.471 e. The van der Waals surface area contributed by atoms with Crippen molar-refractivity contribution in [3.05, 3.63) is 77.5 Å². The van der Waals surface area contributed by atoms with Crippen molar-refractivity contribution < 1.29 is 9.42 Å². The van der Waals surface area contributed by atoms with E-state index in [0.717, 1.165) is 11.3 Å². The summed E-state index contributed by atoms with van der Waals surface area (Å²) in [4.78, 5) is 5.81. The number of hydrogen-bond donors (Lipinski definition) is 2. The van der Waals surface area contributed by atoms with Crippen molar-refractivity contribution in [3.63, 3.8) is 0 Å². The van der Waals surface area contributed by atoms with Gasteiger partial charge >= 0.3 is 5.82 Å². The second-order valence-electron chi connectivity index (χ2n) is 6.65. The van der Waals surface area contributed by atoms with Gasteiger partial charge in [0.25, 0.3) is 0 Å². The first-order valence-corrected chi connectivity index (χ1v) is 9.99. The number of nitrogens with zero attached hydrogens (tertiary/aromatic N) is 2. The molecule has 1 atom stereocenters. The van der Waals surface area contributed by atoms with Gasteiger partial charge < -0.3 is 4.74 Å². The van der Waals surface area contributed by atoms with Crippen molar-refractivity contribution in [2.75, 3.05) is 18.0 Å². The molecule has 4 rings (SSSR count). The molecule has 1 aliphatic rings. The number of aryl methyl sites for hydroxylation is 1. The van der Waals surface area contributed by atoms with Gasteiger partial charge in [-0.15, -0.1) is 11.8 Å². The molecule has 0 amide bonds. The second-order valence-corrected chi connectivity index (χ2v) is 7.75. The lowest BCUT2D eigenvalue weighted by Crippen LogP contribution is -2.39. The normalized spacial score (nSPS) is 16.2. The number of aromatic nitrogens is 2. The number of nitrogen functional groups attached to an aromatic ring is 1. The average Bonchev–Trinajstić information content (AvgIpc) is 3.29. The lowest BCUT2D eigenvalue weighted by Gasteiger charge is -2.10. The maximum absolute atomic E-state index is 6.32. The Bertz CT molecular complexity index is 935. The number of aromatic amines is 1. The van der Waals surface area contributed by atoms with Crippen molar-refractivity contribution in [1.29, 1.82) is 0 Å². The minimum Gasteiger partial charge on any atom is -0.471 e. The Hall–Kier alpha value is -2.73. The van der Waals surface area contributed by atoms with Crippen LogP contribution in [0, 0.1) is 6.92 Å². The van der Waals surface area contributed by atoms with Gasteiger partial charge in [-0.1, -0.05) is 48.0 Å². The van der Waals surface area contributed by atoms with Crippen LogP contribution in [0.15, 0.2) is 70.7 Å². The Balaban J connectivity index is 1.36. The molecule has 1 aliphatic heterocycles. The van der Waals surface area contributed by atoms with Crippen LogP contribution in [0.1, 0.15) is 16.7 Å². The molecule has 2 heterocycles. The highest BCUT2D eigenvalue weighted by atomic mass is 32.2. The zero-order chi connectivity index (χ0) is 18.6. The van der Waals surface area contributed by atoms with Crippen LogP contribution >= 0.6 is 11.8 Å². The van der Waals surface area contributed by atoms with E-state index >= 15 is 0 Å². The zero-order valence-corrected chi connectivity index (χ0v) is 16.1. The van der Waals surface area contributed by atoms with Crippen LogP contribution in [-0.4, -0.2) is 29.4 Å². The molecule has 5 nitrogen and oxygen atoms in total. The van der Waals surface area contributed by atoms with Gasteiger partial charge in [-0.25, -0.2) is 10.1 Å². The van der Waals surface area contributed by atoms with Gasteiger partial charge in [-0.05, 0) is 24.6 Å². The molecular weight excluding hydrogens is 356 g/mol. The SMILES string of the molecule is Cc1ccc(SCC2CN=C(c3c[nH][n+](Cc4ccccc4)c3N)O2)cc1. The molecule has 138 valence electrons. The van der Waals surface area contributed by atoms with Gasteiger partial charge in [0.1, 0.15) is 18.2 Å². The molecule has 0 aliphatic carbocycles. The third-order valence-electron chi connectivity index (χ3n) is 4.52. The number of rotatable bonds is 6. The first kappa shape index (κ1) is 17.7.